The Hall–Kier alpha value is -0.780. The van der Waals surface area contributed by atoms with Gasteiger partial charge in [0.2, 0.25) is 0 Å². The van der Waals surface area contributed by atoms with Gasteiger partial charge in [0.1, 0.15) is 0 Å². The van der Waals surface area contributed by atoms with Crippen molar-refractivity contribution in [2.75, 3.05) is 0 Å². The predicted octanol–water partition coefficient (Wildman–Crippen LogP) is 2.56. The lowest BCUT2D eigenvalue weighted by molar-refractivity contribution is 0.648. The number of terminal acetylenes is 1. The zero-order chi connectivity index (χ0) is 9.68. The maximum atomic E-state index is 5.24. The molecule has 0 radical (unpaired) electrons. The molecule has 0 aliphatic carbocycles. The first-order valence-electron chi connectivity index (χ1n) is 4.16. The summed E-state index contributed by atoms with van der Waals surface area (Å²) in [6.07, 6.45) is 5.24. The van der Waals surface area contributed by atoms with Gasteiger partial charge in [-0.3, -0.25) is 5.32 Å². The van der Waals surface area contributed by atoms with Crippen molar-refractivity contribution in [1.29, 1.82) is 0 Å². The molecule has 0 aliphatic rings. The highest BCUT2D eigenvalue weighted by Gasteiger charge is 1.96. The first kappa shape index (κ1) is 10.3. The first-order valence-corrected chi connectivity index (χ1v) is 4.95. The summed E-state index contributed by atoms with van der Waals surface area (Å²) in [4.78, 5) is 0. The van der Waals surface area contributed by atoms with Crippen molar-refractivity contribution < 1.29 is 0 Å². The fourth-order valence-electron chi connectivity index (χ4n) is 0.977. The summed E-state index contributed by atoms with van der Waals surface area (Å²) in [7, 11) is 0. The highest BCUT2D eigenvalue weighted by atomic mass is 79.9. The molecule has 1 rings (SSSR count). The lowest BCUT2D eigenvalue weighted by Crippen LogP contribution is -2.23. The van der Waals surface area contributed by atoms with E-state index < -0.39 is 0 Å². The molecule has 1 aromatic carbocycles. The van der Waals surface area contributed by atoms with E-state index in [4.69, 9.17) is 6.42 Å². The van der Waals surface area contributed by atoms with Crippen LogP contribution in [0.4, 0.5) is 0 Å². The molecule has 0 saturated carbocycles. The van der Waals surface area contributed by atoms with Gasteiger partial charge in [0.05, 0.1) is 6.04 Å². The summed E-state index contributed by atoms with van der Waals surface area (Å²) in [5.74, 6) is 2.63. The summed E-state index contributed by atoms with van der Waals surface area (Å²) < 4.78 is 1.10. The Balaban J connectivity index is 2.51. The second kappa shape index (κ2) is 5.06. The molecule has 68 valence electrons. The summed E-state index contributed by atoms with van der Waals surface area (Å²) in [6, 6.07) is 8.30. The molecule has 1 N–H and O–H groups in total. The van der Waals surface area contributed by atoms with Crippen LogP contribution in [0.15, 0.2) is 28.7 Å². The van der Waals surface area contributed by atoms with E-state index in [0.717, 1.165) is 11.0 Å². The highest BCUT2D eigenvalue weighted by Crippen LogP contribution is 2.11. The molecule has 0 bridgehead atoms. The monoisotopic (exact) mass is 237 g/mol. The summed E-state index contributed by atoms with van der Waals surface area (Å²) in [6.45, 7) is 2.78. The number of nitrogens with one attached hydrogen (secondary N) is 1. The third-order valence-corrected chi connectivity index (χ3v) is 2.24. The van der Waals surface area contributed by atoms with Crippen LogP contribution in [0.1, 0.15) is 12.5 Å². The zero-order valence-corrected chi connectivity index (χ0v) is 9.14. The number of halogens is 1. The van der Waals surface area contributed by atoms with E-state index >= 15 is 0 Å². The zero-order valence-electron chi connectivity index (χ0n) is 7.55. The molecule has 13 heavy (non-hydrogen) atoms. The molecular formula is C11H12BrN. The Bertz CT molecular complexity index is 314. The van der Waals surface area contributed by atoms with Gasteiger partial charge >= 0.3 is 0 Å². The van der Waals surface area contributed by atoms with Crippen LogP contribution in [0, 0.1) is 12.3 Å². The Morgan fingerprint density at radius 1 is 1.62 bits per heavy atom. The number of rotatable bonds is 3. The van der Waals surface area contributed by atoms with Gasteiger partial charge < -0.3 is 0 Å². The summed E-state index contributed by atoms with van der Waals surface area (Å²) in [5, 5.41) is 3.22. The average Bonchev–Trinajstić information content (AvgIpc) is 2.14. The Morgan fingerprint density at radius 3 is 3.00 bits per heavy atom. The van der Waals surface area contributed by atoms with Crippen LogP contribution in [0.25, 0.3) is 0 Å². The Labute approximate surface area is 87.7 Å². The van der Waals surface area contributed by atoms with Crippen LogP contribution in [-0.2, 0) is 6.54 Å². The quantitative estimate of drug-likeness (QED) is 0.798. The molecule has 1 unspecified atom stereocenters. The topological polar surface area (TPSA) is 12.0 Å². The normalized spacial score (nSPS) is 12.1. The van der Waals surface area contributed by atoms with Crippen LogP contribution < -0.4 is 5.32 Å². The second-order valence-electron chi connectivity index (χ2n) is 2.90. The lowest BCUT2D eigenvalue weighted by atomic mass is 10.2. The molecule has 0 aromatic heterocycles. The van der Waals surface area contributed by atoms with E-state index in [9.17, 15) is 0 Å². The van der Waals surface area contributed by atoms with E-state index in [-0.39, 0.29) is 6.04 Å². The van der Waals surface area contributed by atoms with E-state index in [1.807, 2.05) is 19.1 Å². The van der Waals surface area contributed by atoms with Crippen LogP contribution in [0.3, 0.4) is 0 Å². The van der Waals surface area contributed by atoms with Gasteiger partial charge in [-0.25, -0.2) is 0 Å². The van der Waals surface area contributed by atoms with Gasteiger partial charge in [-0.2, -0.15) is 0 Å². The van der Waals surface area contributed by atoms with Crippen LogP contribution in [-0.4, -0.2) is 6.04 Å². The second-order valence-corrected chi connectivity index (χ2v) is 3.81. The van der Waals surface area contributed by atoms with Gasteiger partial charge in [0.15, 0.2) is 0 Å². The van der Waals surface area contributed by atoms with Crippen molar-refractivity contribution in [3.8, 4) is 12.3 Å². The molecule has 0 heterocycles. The lowest BCUT2D eigenvalue weighted by Gasteiger charge is -2.07. The van der Waals surface area contributed by atoms with Crippen molar-refractivity contribution in [2.24, 2.45) is 0 Å². The maximum Gasteiger partial charge on any atom is 0.0660 e. The Morgan fingerprint density at radius 2 is 2.38 bits per heavy atom. The molecule has 1 atom stereocenters. The van der Waals surface area contributed by atoms with Gasteiger partial charge in [0, 0.05) is 11.0 Å². The largest absolute Gasteiger partial charge is 0.300 e. The molecule has 0 amide bonds. The van der Waals surface area contributed by atoms with E-state index in [1.54, 1.807) is 0 Å². The van der Waals surface area contributed by atoms with Crippen LogP contribution in [0.2, 0.25) is 0 Å². The van der Waals surface area contributed by atoms with E-state index in [1.165, 1.54) is 5.56 Å². The van der Waals surface area contributed by atoms with E-state index in [2.05, 4.69) is 39.3 Å². The third-order valence-electron chi connectivity index (χ3n) is 1.75. The fraction of sp³-hybridized carbons (Fsp3) is 0.273. The smallest absolute Gasteiger partial charge is 0.0660 e. The van der Waals surface area contributed by atoms with Gasteiger partial charge in [-0.1, -0.05) is 34.0 Å². The van der Waals surface area contributed by atoms with Gasteiger partial charge in [-0.15, -0.1) is 6.42 Å². The standard InChI is InChI=1S/C11H12BrN/c1-3-9(2)13-8-10-5-4-6-11(12)7-10/h1,4-7,9,13H,8H2,2H3. The number of benzene rings is 1. The van der Waals surface area contributed by atoms with Crippen molar-refractivity contribution in [1.82, 2.24) is 5.32 Å². The SMILES string of the molecule is C#CC(C)NCc1cccc(Br)c1. The molecular weight excluding hydrogens is 226 g/mol. The predicted molar refractivity (Wildman–Crippen MR) is 59.3 cm³/mol. The van der Waals surface area contributed by atoms with Crippen molar-refractivity contribution in [2.45, 2.75) is 19.5 Å². The average molecular weight is 238 g/mol. The molecule has 1 nitrogen and oxygen atoms in total. The Kier molecular flexibility index (Phi) is 4.01. The number of hydrogen-bond donors (Lipinski definition) is 1. The van der Waals surface area contributed by atoms with Crippen molar-refractivity contribution in [3.63, 3.8) is 0 Å². The van der Waals surface area contributed by atoms with E-state index in [0.29, 0.717) is 0 Å². The maximum absolute atomic E-state index is 5.24. The van der Waals surface area contributed by atoms with Gasteiger partial charge in [0.25, 0.3) is 0 Å². The molecule has 2 heteroatoms. The van der Waals surface area contributed by atoms with Crippen molar-refractivity contribution in [3.05, 3.63) is 34.3 Å². The molecule has 0 aliphatic heterocycles. The summed E-state index contributed by atoms with van der Waals surface area (Å²) >= 11 is 3.42. The van der Waals surface area contributed by atoms with Crippen LogP contribution >= 0.6 is 15.9 Å². The molecule has 1 aromatic rings. The minimum absolute atomic E-state index is 0.124. The minimum Gasteiger partial charge on any atom is -0.300 e. The fourth-order valence-corrected chi connectivity index (χ4v) is 1.42. The molecule has 0 saturated heterocycles. The van der Waals surface area contributed by atoms with Crippen LogP contribution in [0.5, 0.6) is 0 Å². The molecule has 0 fully saturated rings. The highest BCUT2D eigenvalue weighted by molar-refractivity contribution is 9.10. The summed E-state index contributed by atoms with van der Waals surface area (Å²) in [5.41, 5.74) is 1.23. The third kappa shape index (κ3) is 3.63. The first-order chi connectivity index (χ1) is 6.22. The molecule has 0 spiro atoms. The number of hydrogen-bond acceptors (Lipinski definition) is 1. The minimum atomic E-state index is 0.124. The van der Waals surface area contributed by atoms with Gasteiger partial charge in [-0.05, 0) is 24.6 Å². The van der Waals surface area contributed by atoms with Crippen molar-refractivity contribution >= 4 is 15.9 Å².